The summed E-state index contributed by atoms with van der Waals surface area (Å²) >= 11 is 0. The molecule has 322 valence electrons. The molecule has 0 aromatic carbocycles. The molecule has 0 fully saturated rings. The highest BCUT2D eigenvalue weighted by molar-refractivity contribution is 5.69. The van der Waals surface area contributed by atoms with Gasteiger partial charge in [0, 0.05) is 38.5 Å². The number of aliphatic carboxylic acids is 8. The maximum atomic E-state index is 10.6. The second-order valence-electron chi connectivity index (χ2n) is 15.1. The number of rotatable bonds is 31. The fourth-order valence-electron chi connectivity index (χ4n) is 4.92. The molecule has 0 saturated heterocycles. The van der Waals surface area contributed by atoms with Gasteiger partial charge < -0.3 is 40.9 Å². The number of carboxylic acid groups (broad SMARTS) is 8. The summed E-state index contributed by atoms with van der Waals surface area (Å²) in [6.07, 6.45) is 15.3. The smallest absolute Gasteiger partial charge is 0.303 e. The van der Waals surface area contributed by atoms with Crippen molar-refractivity contribution in [1.29, 1.82) is 0 Å². The van der Waals surface area contributed by atoms with Crippen LogP contribution in [0, 0.1) is 10.8 Å². The van der Waals surface area contributed by atoms with Gasteiger partial charge in [-0.25, -0.2) is 0 Å². The molecular weight excluding hydrogens is 724 g/mol. The van der Waals surface area contributed by atoms with Gasteiger partial charge in [-0.1, -0.05) is 85.5 Å². The van der Waals surface area contributed by atoms with Crippen molar-refractivity contribution in [2.45, 2.75) is 188 Å². The molecule has 16 heteroatoms. The monoisotopic (exact) mass is 794 g/mol. The lowest BCUT2D eigenvalue weighted by Crippen LogP contribution is -2.23. The van der Waals surface area contributed by atoms with Crippen molar-refractivity contribution in [2.24, 2.45) is 10.8 Å². The summed E-state index contributed by atoms with van der Waals surface area (Å²) in [5, 5.41) is 67.3. The van der Waals surface area contributed by atoms with Crippen LogP contribution < -0.4 is 0 Å². The molecule has 0 spiro atoms. The van der Waals surface area contributed by atoms with E-state index in [9.17, 15) is 38.4 Å². The fourth-order valence-corrected chi connectivity index (χ4v) is 4.92. The van der Waals surface area contributed by atoms with Crippen molar-refractivity contribution in [3.8, 4) is 0 Å². The molecule has 0 saturated carbocycles. The molecule has 0 radical (unpaired) electrons. The first kappa shape index (κ1) is 57.5. The van der Waals surface area contributed by atoms with E-state index in [2.05, 4.69) is 0 Å². The maximum Gasteiger partial charge on any atom is 0.303 e. The zero-order valence-corrected chi connectivity index (χ0v) is 33.5. The Hall–Kier alpha value is -4.24. The Morgan fingerprint density at radius 1 is 0.273 bits per heavy atom. The number of hydrogen-bond acceptors (Lipinski definition) is 8. The van der Waals surface area contributed by atoms with E-state index in [1.807, 2.05) is 27.7 Å². The van der Waals surface area contributed by atoms with Gasteiger partial charge in [-0.3, -0.25) is 38.4 Å². The molecule has 0 aliphatic rings. The van der Waals surface area contributed by atoms with Crippen molar-refractivity contribution < 1.29 is 79.2 Å². The highest BCUT2D eigenvalue weighted by Gasteiger charge is 2.28. The van der Waals surface area contributed by atoms with E-state index >= 15 is 0 Å². The predicted molar refractivity (Wildman–Crippen MR) is 204 cm³/mol. The summed E-state index contributed by atoms with van der Waals surface area (Å²) in [5.74, 6) is -6.17. The van der Waals surface area contributed by atoms with Gasteiger partial charge in [0.15, 0.2) is 0 Å². The lowest BCUT2D eigenvalue weighted by Gasteiger charge is -2.29. The Labute approximate surface area is 325 Å². The Morgan fingerprint density at radius 3 is 0.545 bits per heavy atom. The van der Waals surface area contributed by atoms with Crippen LogP contribution >= 0.6 is 0 Å². The summed E-state index contributed by atoms with van der Waals surface area (Å²) < 4.78 is 0. The third-order valence-electron chi connectivity index (χ3n) is 8.08. The average Bonchev–Trinajstić information content (AvgIpc) is 3.02. The topological polar surface area (TPSA) is 298 Å². The molecular formula is C39H70O16. The van der Waals surface area contributed by atoms with Crippen LogP contribution in [0.2, 0.25) is 0 Å². The molecule has 0 aliphatic carbocycles. The van der Waals surface area contributed by atoms with Crippen LogP contribution in [-0.4, -0.2) is 88.6 Å². The van der Waals surface area contributed by atoms with Crippen LogP contribution in [0.3, 0.4) is 0 Å². The van der Waals surface area contributed by atoms with Gasteiger partial charge in [-0.2, -0.15) is 0 Å². The van der Waals surface area contributed by atoms with E-state index in [0.717, 1.165) is 83.5 Å². The first-order chi connectivity index (χ1) is 25.4. The van der Waals surface area contributed by atoms with E-state index < -0.39 is 47.8 Å². The number of carbonyl (C=O) groups is 8. The molecule has 0 aromatic heterocycles. The van der Waals surface area contributed by atoms with Crippen LogP contribution in [0.4, 0.5) is 0 Å². The van der Waals surface area contributed by atoms with E-state index in [4.69, 9.17) is 40.9 Å². The molecule has 55 heavy (non-hydrogen) atoms. The summed E-state index contributed by atoms with van der Waals surface area (Å²) in [6.45, 7) is 7.60. The molecule has 0 heterocycles. The van der Waals surface area contributed by atoms with E-state index in [1.165, 1.54) is 0 Å². The number of carboxylic acids is 8. The van der Waals surface area contributed by atoms with Crippen molar-refractivity contribution >= 4 is 47.8 Å². The van der Waals surface area contributed by atoms with Gasteiger partial charge in [-0.15, -0.1) is 0 Å². The van der Waals surface area contributed by atoms with Crippen molar-refractivity contribution in [3.63, 3.8) is 0 Å². The lowest BCUT2D eigenvalue weighted by atomic mass is 9.76. The Bertz CT molecular complexity index is 1010. The minimum Gasteiger partial charge on any atom is -0.481 e. The zero-order valence-electron chi connectivity index (χ0n) is 33.5. The van der Waals surface area contributed by atoms with Crippen molar-refractivity contribution in [2.75, 3.05) is 0 Å². The summed E-state index contributed by atoms with van der Waals surface area (Å²) in [7, 11) is 0. The van der Waals surface area contributed by atoms with Crippen LogP contribution in [0.25, 0.3) is 0 Å². The van der Waals surface area contributed by atoms with Gasteiger partial charge >= 0.3 is 47.8 Å². The van der Waals surface area contributed by atoms with E-state index in [1.54, 1.807) is 0 Å². The second-order valence-corrected chi connectivity index (χ2v) is 15.1. The van der Waals surface area contributed by atoms with Gasteiger partial charge in [0.05, 0.1) is 12.8 Å². The van der Waals surface area contributed by atoms with Gasteiger partial charge in [0.1, 0.15) is 0 Å². The minimum absolute atomic E-state index is 0.121. The standard InChI is InChI=1S/C12H22O4.C10H18O4.C9H16O4.C8H14O4/c1-11(2,7-9(13)14)5-6-12(3,4)8-10(15)16;11-9(12)7-5-3-1-2-4-6-8-10(13)14;10-8(11)6-4-2-1-3-5-7-9(12)13;9-7(10)5-3-1-2-4-6-8(11)12/h5-8H2,1-4H3,(H,13,14)(H,15,16);1-8H2,(H,11,12)(H,13,14);1-7H2,(H,10,11)(H,12,13);1-6H2,(H,9,10)(H,11,12). The molecule has 0 aliphatic heterocycles. The van der Waals surface area contributed by atoms with Gasteiger partial charge in [0.25, 0.3) is 0 Å². The van der Waals surface area contributed by atoms with Crippen LogP contribution in [-0.2, 0) is 38.4 Å². The molecule has 0 amide bonds. The van der Waals surface area contributed by atoms with Crippen LogP contribution in [0.15, 0.2) is 0 Å². The second kappa shape index (κ2) is 36.7. The maximum absolute atomic E-state index is 10.6. The van der Waals surface area contributed by atoms with Crippen molar-refractivity contribution in [1.82, 2.24) is 0 Å². The largest absolute Gasteiger partial charge is 0.481 e. The Balaban J connectivity index is -0.000000317. The molecule has 0 bridgehead atoms. The molecule has 0 unspecified atom stereocenters. The number of unbranched alkanes of at least 4 members (excludes halogenated alkanes) is 12. The Morgan fingerprint density at radius 2 is 0.418 bits per heavy atom. The first-order valence-electron chi connectivity index (χ1n) is 19.2. The summed E-state index contributed by atoms with van der Waals surface area (Å²) in [5.41, 5.74) is -0.552. The first-order valence-corrected chi connectivity index (χ1v) is 19.2. The van der Waals surface area contributed by atoms with Crippen molar-refractivity contribution in [3.05, 3.63) is 0 Å². The van der Waals surface area contributed by atoms with E-state index in [0.29, 0.717) is 25.7 Å². The zero-order chi connectivity index (χ0) is 43.3. The van der Waals surface area contributed by atoms with Crippen LogP contribution in [0.1, 0.15) is 188 Å². The van der Waals surface area contributed by atoms with Crippen LogP contribution in [0.5, 0.6) is 0 Å². The number of hydrogen-bond donors (Lipinski definition) is 8. The van der Waals surface area contributed by atoms with Gasteiger partial charge in [-0.05, 0) is 62.2 Å². The molecule has 0 atom stereocenters. The molecule has 0 aromatic rings. The SMILES string of the molecule is CC(C)(CCC(C)(C)CC(=O)O)CC(=O)O.O=C(O)CCCCCCC(=O)O.O=C(O)CCCCCCCC(=O)O.O=C(O)CCCCCCCCC(=O)O. The van der Waals surface area contributed by atoms with Gasteiger partial charge in [0.2, 0.25) is 0 Å². The lowest BCUT2D eigenvalue weighted by molar-refractivity contribution is -0.141. The summed E-state index contributed by atoms with van der Waals surface area (Å²) in [4.78, 5) is 81.8. The fraction of sp³-hybridized carbons (Fsp3) is 0.795. The highest BCUT2D eigenvalue weighted by atomic mass is 16.4. The summed E-state index contributed by atoms with van der Waals surface area (Å²) in [6, 6.07) is 0. The predicted octanol–water partition coefficient (Wildman–Crippen LogP) is 8.43. The third kappa shape index (κ3) is 62.1. The quantitative estimate of drug-likeness (QED) is 0.0305. The molecule has 16 nitrogen and oxygen atoms in total. The molecule has 0 rings (SSSR count). The highest BCUT2D eigenvalue weighted by Crippen LogP contribution is 2.35. The third-order valence-corrected chi connectivity index (χ3v) is 8.08. The average molecular weight is 795 g/mol. The molecule has 8 N–H and O–H groups in total. The normalized spacial score (nSPS) is 10.6. The van der Waals surface area contributed by atoms with E-state index in [-0.39, 0.29) is 62.2 Å². The minimum atomic E-state index is -0.805. The Kier molecular flexibility index (Phi) is 38.4.